The van der Waals surface area contributed by atoms with E-state index in [2.05, 4.69) is 5.32 Å². The number of benzene rings is 2. The molecule has 2 aromatic carbocycles. The molecule has 1 amide bonds. The van der Waals surface area contributed by atoms with Crippen LogP contribution in [0.15, 0.2) is 82.9 Å². The monoisotopic (exact) mass is 425 g/mol. The van der Waals surface area contributed by atoms with Gasteiger partial charge in [-0.2, -0.15) is 5.26 Å². The van der Waals surface area contributed by atoms with E-state index < -0.39 is 11.9 Å². The van der Waals surface area contributed by atoms with Crippen molar-refractivity contribution in [3.05, 3.63) is 101 Å². The van der Waals surface area contributed by atoms with Crippen molar-refractivity contribution in [3.8, 4) is 6.07 Å². The lowest BCUT2D eigenvalue weighted by Crippen LogP contribution is -2.23. The van der Waals surface area contributed by atoms with Crippen molar-refractivity contribution in [1.82, 2.24) is 9.88 Å². The Bertz CT molecular complexity index is 1360. The summed E-state index contributed by atoms with van der Waals surface area (Å²) in [5, 5.41) is 22.3. The van der Waals surface area contributed by atoms with Crippen molar-refractivity contribution < 1.29 is 19.1 Å². The normalized spacial score (nSPS) is 11.3. The molecule has 0 saturated carbocycles. The van der Waals surface area contributed by atoms with E-state index in [1.807, 2.05) is 71.4 Å². The highest BCUT2D eigenvalue weighted by molar-refractivity contribution is 6.04. The number of hydrogen-bond donors (Lipinski definition) is 2. The Hall–Kier alpha value is -4.57. The summed E-state index contributed by atoms with van der Waals surface area (Å²) in [7, 11) is 0. The molecule has 0 unspecified atom stereocenters. The van der Waals surface area contributed by atoms with Crippen molar-refractivity contribution in [1.29, 1.82) is 5.26 Å². The zero-order chi connectivity index (χ0) is 22.5. The molecule has 0 fully saturated rings. The predicted octanol–water partition coefficient (Wildman–Crippen LogP) is 4.20. The molecule has 0 radical (unpaired) electrons. The number of nitrogens with one attached hydrogen (secondary N) is 1. The molecular formula is C25H19N3O4. The van der Waals surface area contributed by atoms with E-state index in [0.717, 1.165) is 16.5 Å². The second-order valence-corrected chi connectivity index (χ2v) is 7.14. The summed E-state index contributed by atoms with van der Waals surface area (Å²) in [6.45, 7) is 0.634. The number of nitrogens with zero attached hydrogens (tertiary/aromatic N) is 2. The predicted molar refractivity (Wildman–Crippen MR) is 119 cm³/mol. The molecule has 158 valence electrons. The van der Waals surface area contributed by atoms with Crippen LogP contribution in [0.2, 0.25) is 0 Å². The largest absolute Gasteiger partial charge is 0.475 e. The van der Waals surface area contributed by atoms with Crippen LogP contribution >= 0.6 is 0 Å². The van der Waals surface area contributed by atoms with E-state index in [9.17, 15) is 14.9 Å². The van der Waals surface area contributed by atoms with Gasteiger partial charge in [0.2, 0.25) is 5.76 Å². The van der Waals surface area contributed by atoms with Crippen LogP contribution in [-0.2, 0) is 17.9 Å². The molecule has 4 aromatic rings. The Balaban J connectivity index is 1.61. The molecule has 2 N–H and O–H groups in total. The topological polar surface area (TPSA) is 108 Å². The molecule has 0 saturated heterocycles. The number of hydrogen-bond acceptors (Lipinski definition) is 4. The molecule has 32 heavy (non-hydrogen) atoms. The van der Waals surface area contributed by atoms with Crippen LogP contribution in [-0.4, -0.2) is 21.6 Å². The van der Waals surface area contributed by atoms with Gasteiger partial charge in [-0.05, 0) is 29.8 Å². The first-order valence-corrected chi connectivity index (χ1v) is 9.89. The van der Waals surface area contributed by atoms with Crippen molar-refractivity contribution in [2.24, 2.45) is 0 Å². The molecule has 0 spiro atoms. The fraction of sp³-hybridized carbons (Fsp3) is 0.0800. The molecular weight excluding hydrogens is 406 g/mol. The number of rotatable bonds is 7. The van der Waals surface area contributed by atoms with Gasteiger partial charge in [0, 0.05) is 29.2 Å². The minimum Gasteiger partial charge on any atom is -0.475 e. The van der Waals surface area contributed by atoms with Gasteiger partial charge < -0.3 is 19.4 Å². The number of para-hydroxylation sites is 1. The van der Waals surface area contributed by atoms with Gasteiger partial charge in [0.15, 0.2) is 0 Å². The molecule has 7 heteroatoms. The third-order valence-corrected chi connectivity index (χ3v) is 4.98. The highest BCUT2D eigenvalue weighted by Gasteiger charge is 2.14. The van der Waals surface area contributed by atoms with Crippen LogP contribution in [0.5, 0.6) is 0 Å². The molecule has 0 atom stereocenters. The summed E-state index contributed by atoms with van der Waals surface area (Å²) in [6.07, 6.45) is 3.37. The van der Waals surface area contributed by atoms with E-state index in [4.69, 9.17) is 9.52 Å². The zero-order valence-electron chi connectivity index (χ0n) is 17.0. The molecule has 0 bridgehead atoms. The number of carboxylic acid groups (broad SMARTS) is 1. The van der Waals surface area contributed by atoms with Crippen LogP contribution in [0.4, 0.5) is 0 Å². The number of carboxylic acids is 1. The second-order valence-electron chi connectivity index (χ2n) is 7.14. The average molecular weight is 425 g/mol. The SMILES string of the molecule is N#C/C(=C/c1cn(Cc2ccc(C(=O)O)o2)c2ccccc12)C(=O)NCc1ccccc1. The van der Waals surface area contributed by atoms with Crippen LogP contribution in [0.25, 0.3) is 17.0 Å². The number of amides is 1. The number of carbonyl (C=O) groups excluding carboxylic acids is 1. The van der Waals surface area contributed by atoms with E-state index in [1.54, 1.807) is 12.1 Å². The molecule has 0 aliphatic carbocycles. The summed E-state index contributed by atoms with van der Waals surface area (Å²) < 4.78 is 7.26. The number of nitriles is 1. The summed E-state index contributed by atoms with van der Waals surface area (Å²) in [5.74, 6) is -1.22. The molecule has 0 aliphatic heterocycles. The number of fused-ring (bicyclic) bond motifs is 1. The van der Waals surface area contributed by atoms with Gasteiger partial charge in [0.25, 0.3) is 5.91 Å². The number of aromatic carboxylic acids is 1. The van der Waals surface area contributed by atoms with Crippen LogP contribution < -0.4 is 5.32 Å². The minimum absolute atomic E-state index is 0.00463. The maximum atomic E-state index is 12.6. The first kappa shape index (κ1) is 20.7. The van der Waals surface area contributed by atoms with Crippen LogP contribution in [0.1, 0.15) is 27.4 Å². The maximum Gasteiger partial charge on any atom is 0.371 e. The van der Waals surface area contributed by atoms with Crippen molar-refractivity contribution >= 4 is 28.9 Å². The van der Waals surface area contributed by atoms with Crippen molar-refractivity contribution in [2.75, 3.05) is 0 Å². The van der Waals surface area contributed by atoms with Gasteiger partial charge in [-0.1, -0.05) is 48.5 Å². The first-order valence-electron chi connectivity index (χ1n) is 9.89. The molecule has 7 nitrogen and oxygen atoms in total. The second kappa shape index (κ2) is 9.06. The Morgan fingerprint density at radius 2 is 1.81 bits per heavy atom. The Kier molecular flexibility index (Phi) is 5.86. The maximum absolute atomic E-state index is 12.6. The van der Waals surface area contributed by atoms with Crippen LogP contribution in [0.3, 0.4) is 0 Å². The lowest BCUT2D eigenvalue weighted by molar-refractivity contribution is -0.117. The van der Waals surface area contributed by atoms with Crippen molar-refractivity contribution in [2.45, 2.75) is 13.1 Å². The summed E-state index contributed by atoms with van der Waals surface area (Å²) in [4.78, 5) is 23.6. The summed E-state index contributed by atoms with van der Waals surface area (Å²) in [5.41, 5.74) is 2.51. The van der Waals surface area contributed by atoms with Gasteiger partial charge in [-0.3, -0.25) is 4.79 Å². The van der Waals surface area contributed by atoms with E-state index >= 15 is 0 Å². The van der Waals surface area contributed by atoms with E-state index in [-0.39, 0.29) is 11.3 Å². The van der Waals surface area contributed by atoms with Gasteiger partial charge in [-0.25, -0.2) is 4.79 Å². The zero-order valence-corrected chi connectivity index (χ0v) is 17.0. The Morgan fingerprint density at radius 1 is 1.06 bits per heavy atom. The minimum atomic E-state index is -1.13. The Labute approximate surface area is 183 Å². The number of carbonyl (C=O) groups is 2. The van der Waals surface area contributed by atoms with Gasteiger partial charge in [0.1, 0.15) is 17.4 Å². The van der Waals surface area contributed by atoms with Gasteiger partial charge in [-0.15, -0.1) is 0 Å². The summed E-state index contributed by atoms with van der Waals surface area (Å²) >= 11 is 0. The summed E-state index contributed by atoms with van der Waals surface area (Å²) in [6, 6.07) is 22.0. The van der Waals surface area contributed by atoms with E-state index in [1.165, 1.54) is 6.07 Å². The third kappa shape index (κ3) is 4.45. The lowest BCUT2D eigenvalue weighted by atomic mass is 10.1. The van der Waals surface area contributed by atoms with Crippen LogP contribution in [0, 0.1) is 11.3 Å². The number of aromatic nitrogens is 1. The van der Waals surface area contributed by atoms with Gasteiger partial charge in [0.05, 0.1) is 6.54 Å². The molecule has 0 aliphatic rings. The average Bonchev–Trinajstić information content (AvgIpc) is 3.42. The first-order chi connectivity index (χ1) is 15.5. The van der Waals surface area contributed by atoms with Gasteiger partial charge >= 0.3 is 5.97 Å². The van der Waals surface area contributed by atoms with Crippen molar-refractivity contribution in [3.63, 3.8) is 0 Å². The van der Waals surface area contributed by atoms with E-state index in [0.29, 0.717) is 24.4 Å². The standard InChI is InChI=1S/C25H19N3O4/c26-13-18(24(29)27-14-17-6-2-1-3-7-17)12-19-15-28(22-9-5-4-8-21(19)22)16-20-10-11-23(32-20)25(30)31/h1-12,15H,14,16H2,(H,27,29)(H,30,31)/b18-12-. The highest BCUT2D eigenvalue weighted by atomic mass is 16.4. The smallest absolute Gasteiger partial charge is 0.371 e. The fourth-order valence-corrected chi connectivity index (χ4v) is 3.44. The number of furan rings is 1. The fourth-order valence-electron chi connectivity index (χ4n) is 3.44. The lowest BCUT2D eigenvalue weighted by Gasteiger charge is -2.04. The Morgan fingerprint density at radius 3 is 2.53 bits per heavy atom. The highest BCUT2D eigenvalue weighted by Crippen LogP contribution is 2.25. The molecule has 2 aromatic heterocycles. The molecule has 4 rings (SSSR count). The molecule has 2 heterocycles. The quantitative estimate of drug-likeness (QED) is 0.341. The third-order valence-electron chi connectivity index (χ3n) is 4.98.